The van der Waals surface area contributed by atoms with Gasteiger partial charge in [0, 0.05) is 18.7 Å². The van der Waals surface area contributed by atoms with Gasteiger partial charge >= 0.3 is 6.18 Å². The van der Waals surface area contributed by atoms with Crippen LogP contribution >= 0.6 is 0 Å². The molecule has 2 atom stereocenters. The maximum absolute atomic E-state index is 12.8. The number of hydrogen-bond acceptors (Lipinski definition) is 5. The molecule has 0 aliphatic carbocycles. The number of hydrogen-bond donors (Lipinski definition) is 1. The number of halogens is 3. The molecule has 0 amide bonds. The average Bonchev–Trinajstić information content (AvgIpc) is 2.59. The Kier molecular flexibility index (Phi) is 6.88. The second-order valence-corrected chi connectivity index (χ2v) is 6.53. The highest BCUT2D eigenvalue weighted by Gasteiger charge is 2.41. The second kappa shape index (κ2) is 8.73. The third kappa shape index (κ3) is 5.60. The zero-order chi connectivity index (χ0) is 19.3. The number of aliphatic hydroxyl groups is 1. The van der Waals surface area contributed by atoms with Crippen LogP contribution in [0, 0.1) is 5.92 Å². The summed E-state index contributed by atoms with van der Waals surface area (Å²) in [5.41, 5.74) is 0.473. The summed E-state index contributed by atoms with van der Waals surface area (Å²) in [7, 11) is 1.44. The number of rotatable bonds is 7. The van der Waals surface area contributed by atoms with Gasteiger partial charge in [-0.1, -0.05) is 0 Å². The lowest BCUT2D eigenvalue weighted by molar-refractivity contribution is -0.187. The van der Waals surface area contributed by atoms with Gasteiger partial charge in [0.1, 0.15) is 12.7 Å². The fourth-order valence-corrected chi connectivity index (χ4v) is 3.03. The summed E-state index contributed by atoms with van der Waals surface area (Å²) in [4.78, 5) is 13.0. The van der Waals surface area contributed by atoms with Crippen LogP contribution in [-0.2, 0) is 0 Å². The lowest BCUT2D eigenvalue weighted by Crippen LogP contribution is -2.45. The van der Waals surface area contributed by atoms with Crippen molar-refractivity contribution in [3.8, 4) is 11.5 Å². The highest BCUT2D eigenvalue weighted by Crippen LogP contribution is 2.33. The number of carbonyl (C=O) groups excluding carboxylic acids is 1. The van der Waals surface area contributed by atoms with Gasteiger partial charge in [-0.05, 0) is 44.5 Å². The third-order valence-electron chi connectivity index (χ3n) is 4.44. The Balaban J connectivity index is 1.88. The molecular formula is C18H24F3NO4. The van der Waals surface area contributed by atoms with Crippen LogP contribution in [0.4, 0.5) is 13.2 Å². The summed E-state index contributed by atoms with van der Waals surface area (Å²) >= 11 is 0. The summed E-state index contributed by atoms with van der Waals surface area (Å²) in [6, 6.07) is 4.70. The molecular weight excluding hydrogens is 351 g/mol. The van der Waals surface area contributed by atoms with Gasteiger partial charge in [0.2, 0.25) is 0 Å². The smallest absolute Gasteiger partial charge is 0.393 e. The summed E-state index contributed by atoms with van der Waals surface area (Å²) in [6.07, 6.45) is -4.55. The number of Topliss-reactive ketones (excluding diaryl/α,β-unsaturated/α-hetero) is 1. The van der Waals surface area contributed by atoms with Gasteiger partial charge in [0.25, 0.3) is 0 Å². The number of benzene rings is 1. The van der Waals surface area contributed by atoms with Crippen LogP contribution in [0.2, 0.25) is 0 Å². The monoisotopic (exact) mass is 375 g/mol. The van der Waals surface area contributed by atoms with Crippen molar-refractivity contribution in [2.45, 2.75) is 32.0 Å². The predicted molar refractivity (Wildman–Crippen MR) is 89.7 cm³/mol. The van der Waals surface area contributed by atoms with E-state index in [9.17, 15) is 23.1 Å². The van der Waals surface area contributed by atoms with Gasteiger partial charge in [-0.15, -0.1) is 0 Å². The van der Waals surface area contributed by atoms with E-state index in [4.69, 9.17) is 9.47 Å². The fraction of sp³-hybridized carbons (Fsp3) is 0.611. The van der Waals surface area contributed by atoms with Crippen LogP contribution in [0.25, 0.3) is 0 Å². The molecule has 1 N–H and O–H groups in total. The number of piperidine rings is 1. The third-order valence-corrected chi connectivity index (χ3v) is 4.44. The quantitative estimate of drug-likeness (QED) is 0.743. The number of alkyl halides is 3. The molecule has 0 bridgehead atoms. The number of ketones is 1. The van der Waals surface area contributed by atoms with Crippen molar-refractivity contribution in [2.75, 3.05) is 33.4 Å². The van der Waals surface area contributed by atoms with E-state index in [1.165, 1.54) is 14.0 Å². The van der Waals surface area contributed by atoms with Gasteiger partial charge in [-0.3, -0.25) is 4.79 Å². The first-order valence-electron chi connectivity index (χ1n) is 8.49. The average molecular weight is 375 g/mol. The lowest BCUT2D eigenvalue weighted by Gasteiger charge is -2.34. The van der Waals surface area contributed by atoms with Gasteiger partial charge in [-0.25, -0.2) is 0 Å². The number of nitrogens with zero attached hydrogens (tertiary/aromatic N) is 1. The first kappa shape index (κ1) is 20.5. The summed E-state index contributed by atoms with van der Waals surface area (Å²) < 4.78 is 49.2. The molecule has 1 saturated heterocycles. The second-order valence-electron chi connectivity index (χ2n) is 6.53. The van der Waals surface area contributed by atoms with Crippen molar-refractivity contribution in [3.63, 3.8) is 0 Å². The summed E-state index contributed by atoms with van der Waals surface area (Å²) in [6.45, 7) is 1.90. The number of ether oxygens (including phenoxy) is 2. The van der Waals surface area contributed by atoms with E-state index in [-0.39, 0.29) is 31.9 Å². The molecule has 8 heteroatoms. The first-order valence-corrected chi connectivity index (χ1v) is 8.49. The molecule has 0 radical (unpaired) electrons. The van der Waals surface area contributed by atoms with Gasteiger partial charge in [0.15, 0.2) is 17.3 Å². The van der Waals surface area contributed by atoms with Crippen LogP contribution in [0.5, 0.6) is 11.5 Å². The van der Waals surface area contributed by atoms with Crippen molar-refractivity contribution in [1.82, 2.24) is 4.90 Å². The lowest BCUT2D eigenvalue weighted by atomic mass is 9.97. The molecule has 1 fully saturated rings. The van der Waals surface area contributed by atoms with Crippen molar-refractivity contribution < 1.29 is 32.5 Å². The summed E-state index contributed by atoms with van der Waals surface area (Å²) in [5.74, 6) is -0.730. The van der Waals surface area contributed by atoms with Gasteiger partial charge in [-0.2, -0.15) is 13.2 Å². The Bertz CT molecular complexity index is 621. The Morgan fingerprint density at radius 3 is 2.73 bits per heavy atom. The van der Waals surface area contributed by atoms with E-state index in [2.05, 4.69) is 0 Å². The Morgan fingerprint density at radius 1 is 1.38 bits per heavy atom. The van der Waals surface area contributed by atoms with E-state index < -0.39 is 18.2 Å². The van der Waals surface area contributed by atoms with Crippen LogP contribution in [0.1, 0.15) is 30.1 Å². The van der Waals surface area contributed by atoms with Crippen LogP contribution in [-0.4, -0.2) is 61.4 Å². The molecule has 0 unspecified atom stereocenters. The summed E-state index contributed by atoms with van der Waals surface area (Å²) in [5, 5.41) is 10.1. The van der Waals surface area contributed by atoms with Crippen molar-refractivity contribution >= 4 is 5.78 Å². The SMILES string of the molecule is COc1cc(C(C)=O)ccc1OC[C@@H](O)CN1CCC[C@H](C(F)(F)F)C1. The number of methoxy groups -OCH3 is 1. The minimum Gasteiger partial charge on any atom is -0.493 e. The molecule has 1 aliphatic rings. The minimum absolute atomic E-state index is 0.0804. The maximum atomic E-state index is 12.8. The van der Waals surface area contributed by atoms with Crippen LogP contribution < -0.4 is 9.47 Å². The number of likely N-dealkylation sites (tertiary alicyclic amines) is 1. The standard InChI is InChI=1S/C18H24F3NO4/c1-12(23)13-5-6-16(17(8-13)25-2)26-11-15(24)10-22-7-3-4-14(9-22)18(19,20)21/h5-6,8,14-15,24H,3-4,7,9-11H2,1-2H3/t14-,15-/m0/s1. The molecule has 1 heterocycles. The Labute approximate surface area is 150 Å². The van der Waals surface area contributed by atoms with Gasteiger partial charge in [0.05, 0.1) is 13.0 Å². The van der Waals surface area contributed by atoms with Crippen molar-refractivity contribution in [1.29, 1.82) is 0 Å². The largest absolute Gasteiger partial charge is 0.493 e. The van der Waals surface area contributed by atoms with E-state index in [0.717, 1.165) is 0 Å². The van der Waals surface area contributed by atoms with Crippen LogP contribution in [0.3, 0.4) is 0 Å². The maximum Gasteiger partial charge on any atom is 0.393 e. The molecule has 1 aromatic carbocycles. The number of carbonyl (C=O) groups is 1. The van der Waals surface area contributed by atoms with Crippen LogP contribution in [0.15, 0.2) is 18.2 Å². The topological polar surface area (TPSA) is 59.0 Å². The highest BCUT2D eigenvalue weighted by atomic mass is 19.4. The number of aliphatic hydroxyl groups excluding tert-OH is 1. The van der Waals surface area contributed by atoms with Gasteiger partial charge < -0.3 is 19.5 Å². The molecule has 146 valence electrons. The van der Waals surface area contributed by atoms with E-state index in [0.29, 0.717) is 30.0 Å². The molecule has 2 rings (SSSR count). The molecule has 0 saturated carbocycles. The minimum atomic E-state index is -4.20. The van der Waals surface area contributed by atoms with E-state index in [1.54, 1.807) is 23.1 Å². The number of β-amino-alcohol motifs (C(OH)–C–C–N with tert-alkyl or cyclic N) is 1. The predicted octanol–water partition coefficient (Wildman–Crippen LogP) is 2.91. The molecule has 1 aromatic rings. The zero-order valence-corrected chi connectivity index (χ0v) is 14.9. The zero-order valence-electron chi connectivity index (χ0n) is 14.9. The van der Waals surface area contributed by atoms with E-state index in [1.807, 2.05) is 0 Å². The Morgan fingerprint density at radius 2 is 2.12 bits per heavy atom. The fourth-order valence-electron chi connectivity index (χ4n) is 3.03. The Hall–Kier alpha value is -1.80. The molecule has 0 spiro atoms. The van der Waals surface area contributed by atoms with Crippen molar-refractivity contribution in [3.05, 3.63) is 23.8 Å². The molecule has 5 nitrogen and oxygen atoms in total. The normalized spacial score (nSPS) is 19.8. The highest BCUT2D eigenvalue weighted by molar-refractivity contribution is 5.94. The first-order chi connectivity index (χ1) is 12.2. The molecule has 0 aromatic heterocycles. The van der Waals surface area contributed by atoms with E-state index >= 15 is 0 Å². The molecule has 26 heavy (non-hydrogen) atoms. The molecule has 1 aliphatic heterocycles. The van der Waals surface area contributed by atoms with Crippen molar-refractivity contribution in [2.24, 2.45) is 5.92 Å².